The average molecular weight is 382 g/mol. The van der Waals surface area contributed by atoms with E-state index in [4.69, 9.17) is 4.98 Å². The molecule has 6 rings (SSSR count). The van der Waals surface area contributed by atoms with Gasteiger partial charge in [0.25, 0.3) is 0 Å². The Morgan fingerprint density at radius 1 is 1.04 bits per heavy atom. The Morgan fingerprint density at radius 2 is 1.71 bits per heavy atom. The van der Waals surface area contributed by atoms with Crippen molar-refractivity contribution >= 4 is 5.78 Å². The lowest BCUT2D eigenvalue weighted by atomic mass is 9.48. The second-order valence-corrected chi connectivity index (χ2v) is 10.3. The highest BCUT2D eigenvalue weighted by atomic mass is 16.1. The van der Waals surface area contributed by atoms with Crippen molar-refractivity contribution in [3.05, 3.63) is 23.8 Å². The normalized spacial score (nSPS) is 34.6. The molecule has 152 valence electrons. The fraction of sp³-hybridized carbons (Fsp3) is 0.792. The molecular weight excluding hydrogens is 346 g/mol. The number of Topliss-reactive ketones (excluding diaryl/α,β-unsaturated/α-hetero) is 1. The first-order chi connectivity index (χ1) is 13.7. The third kappa shape index (κ3) is 3.90. The second kappa shape index (κ2) is 7.85. The molecule has 4 heteroatoms. The predicted molar refractivity (Wildman–Crippen MR) is 110 cm³/mol. The minimum absolute atomic E-state index is 0.00583. The van der Waals surface area contributed by atoms with Gasteiger partial charge >= 0.3 is 0 Å². The van der Waals surface area contributed by atoms with Crippen LogP contribution in [0.15, 0.2) is 12.3 Å². The zero-order valence-electron chi connectivity index (χ0n) is 17.2. The van der Waals surface area contributed by atoms with Crippen molar-refractivity contribution in [1.29, 1.82) is 0 Å². The predicted octanol–water partition coefficient (Wildman–Crippen LogP) is 4.22. The molecule has 1 aromatic heterocycles. The van der Waals surface area contributed by atoms with Crippen molar-refractivity contribution in [2.24, 2.45) is 23.2 Å². The zero-order chi connectivity index (χ0) is 19.0. The molecule has 0 spiro atoms. The number of nitrogens with zero attached hydrogens (tertiary/aromatic N) is 3. The summed E-state index contributed by atoms with van der Waals surface area (Å²) in [5, 5.41) is 0. The third-order valence-electron chi connectivity index (χ3n) is 8.06. The van der Waals surface area contributed by atoms with Crippen molar-refractivity contribution < 1.29 is 4.79 Å². The number of rotatable bonds is 7. The molecule has 28 heavy (non-hydrogen) atoms. The van der Waals surface area contributed by atoms with E-state index in [0.29, 0.717) is 12.2 Å². The van der Waals surface area contributed by atoms with Crippen LogP contribution in [0.3, 0.4) is 0 Å². The van der Waals surface area contributed by atoms with Gasteiger partial charge in [-0.3, -0.25) is 4.79 Å². The van der Waals surface area contributed by atoms with Crippen LogP contribution in [0, 0.1) is 23.2 Å². The van der Waals surface area contributed by atoms with Crippen LogP contribution in [0.4, 0.5) is 0 Å². The summed E-state index contributed by atoms with van der Waals surface area (Å²) >= 11 is 0. The second-order valence-electron chi connectivity index (χ2n) is 10.3. The number of hydrogen-bond acceptors (Lipinski definition) is 4. The molecule has 4 nitrogen and oxygen atoms in total. The first-order valence-corrected chi connectivity index (χ1v) is 11.7. The Kier molecular flexibility index (Phi) is 5.25. The van der Waals surface area contributed by atoms with Crippen molar-refractivity contribution in [3.8, 4) is 0 Å². The molecule has 0 aromatic carbocycles. The Hall–Kier alpha value is -1.29. The van der Waals surface area contributed by atoms with Gasteiger partial charge in [-0.15, -0.1) is 0 Å². The van der Waals surface area contributed by atoms with Gasteiger partial charge in [0.15, 0.2) is 0 Å². The summed E-state index contributed by atoms with van der Waals surface area (Å²) in [5.41, 5.74) is 0.942. The highest BCUT2D eigenvalue weighted by molar-refractivity contribution is 5.87. The van der Waals surface area contributed by atoms with Gasteiger partial charge in [-0.05, 0) is 101 Å². The third-order valence-corrected chi connectivity index (χ3v) is 8.06. The molecule has 4 saturated carbocycles. The lowest BCUT2D eigenvalue weighted by Gasteiger charge is -2.56. The molecular formula is C24H35N3O. The quantitative estimate of drug-likeness (QED) is 0.709. The monoisotopic (exact) mass is 381 g/mol. The minimum atomic E-state index is -0.00583. The van der Waals surface area contributed by atoms with Gasteiger partial charge in [-0.1, -0.05) is 6.42 Å². The summed E-state index contributed by atoms with van der Waals surface area (Å²) in [7, 11) is 0. The van der Waals surface area contributed by atoms with E-state index in [1.807, 2.05) is 12.3 Å². The number of aromatic nitrogens is 2. The summed E-state index contributed by atoms with van der Waals surface area (Å²) in [4.78, 5) is 25.2. The molecule has 4 bridgehead atoms. The van der Waals surface area contributed by atoms with E-state index in [9.17, 15) is 4.79 Å². The Bertz CT molecular complexity index is 674. The van der Waals surface area contributed by atoms with Crippen molar-refractivity contribution in [1.82, 2.24) is 14.9 Å². The van der Waals surface area contributed by atoms with Crippen LogP contribution in [0.5, 0.6) is 0 Å². The van der Waals surface area contributed by atoms with Gasteiger partial charge in [-0.2, -0.15) is 0 Å². The number of carbonyl (C=O) groups is 1. The van der Waals surface area contributed by atoms with E-state index in [2.05, 4.69) is 9.88 Å². The number of ketones is 1. The maximum Gasteiger partial charge on any atom is 0.144 e. The maximum absolute atomic E-state index is 13.3. The van der Waals surface area contributed by atoms with Gasteiger partial charge in [0, 0.05) is 24.5 Å². The number of carbonyl (C=O) groups excluding carboxylic acids is 1. The summed E-state index contributed by atoms with van der Waals surface area (Å²) in [5.74, 6) is 3.88. The fourth-order valence-corrected chi connectivity index (χ4v) is 7.11. The molecule has 0 amide bonds. The molecule has 0 N–H and O–H groups in total. The van der Waals surface area contributed by atoms with Gasteiger partial charge < -0.3 is 4.90 Å². The van der Waals surface area contributed by atoms with Gasteiger partial charge in [0.1, 0.15) is 11.6 Å². The van der Waals surface area contributed by atoms with E-state index in [1.165, 1.54) is 51.6 Å². The molecule has 5 fully saturated rings. The van der Waals surface area contributed by atoms with Crippen LogP contribution in [0.1, 0.15) is 75.7 Å². The van der Waals surface area contributed by atoms with E-state index < -0.39 is 0 Å². The Morgan fingerprint density at radius 3 is 2.39 bits per heavy atom. The first kappa shape index (κ1) is 18.7. The average Bonchev–Trinajstić information content (AvgIpc) is 2.68. The minimum Gasteiger partial charge on any atom is -0.303 e. The van der Waals surface area contributed by atoms with E-state index in [-0.39, 0.29) is 5.41 Å². The molecule has 5 aliphatic rings. The van der Waals surface area contributed by atoms with Crippen molar-refractivity contribution in [3.63, 3.8) is 0 Å². The lowest BCUT2D eigenvalue weighted by Crippen LogP contribution is -2.50. The maximum atomic E-state index is 13.3. The van der Waals surface area contributed by atoms with E-state index in [0.717, 1.165) is 67.9 Å². The van der Waals surface area contributed by atoms with Gasteiger partial charge in [-0.25, -0.2) is 9.97 Å². The van der Waals surface area contributed by atoms with Crippen LogP contribution in [-0.4, -0.2) is 40.3 Å². The lowest BCUT2D eigenvalue weighted by molar-refractivity contribution is -0.143. The number of piperidine rings is 1. The molecule has 1 saturated heterocycles. The largest absolute Gasteiger partial charge is 0.303 e. The summed E-state index contributed by atoms with van der Waals surface area (Å²) < 4.78 is 0. The van der Waals surface area contributed by atoms with Crippen LogP contribution >= 0.6 is 0 Å². The highest BCUT2D eigenvalue weighted by Gasteiger charge is 2.54. The SMILES string of the molecule is O=C(Cc1ccnc(CCCN2CCCCC2)n1)C12CC3CC(CC(C3)C1)C2. The smallest absolute Gasteiger partial charge is 0.144 e. The summed E-state index contributed by atoms with van der Waals surface area (Å²) in [6, 6.07) is 1.96. The van der Waals surface area contributed by atoms with Crippen LogP contribution in [0.25, 0.3) is 0 Å². The van der Waals surface area contributed by atoms with Crippen LogP contribution in [-0.2, 0) is 17.6 Å². The van der Waals surface area contributed by atoms with Gasteiger partial charge in [0.2, 0.25) is 0 Å². The van der Waals surface area contributed by atoms with Crippen molar-refractivity contribution in [2.45, 2.75) is 77.0 Å². The number of aryl methyl sites for hydroxylation is 1. The van der Waals surface area contributed by atoms with E-state index in [1.54, 1.807) is 0 Å². The highest BCUT2D eigenvalue weighted by Crippen LogP contribution is 2.60. The van der Waals surface area contributed by atoms with Gasteiger partial charge in [0.05, 0.1) is 5.69 Å². The first-order valence-electron chi connectivity index (χ1n) is 11.7. The fourth-order valence-electron chi connectivity index (χ4n) is 7.11. The standard InChI is InChI=1S/C24H35N3O/c28-22(24-15-18-11-19(16-24)13-20(12-18)17-24)14-21-6-7-25-23(26-21)5-4-10-27-8-2-1-3-9-27/h6-7,18-20H,1-5,8-17H2. The Balaban J connectivity index is 1.18. The molecule has 0 atom stereocenters. The molecule has 1 aromatic rings. The molecule has 2 heterocycles. The Labute approximate surface area is 169 Å². The molecule has 4 aliphatic carbocycles. The van der Waals surface area contributed by atoms with E-state index >= 15 is 0 Å². The zero-order valence-corrected chi connectivity index (χ0v) is 17.2. The summed E-state index contributed by atoms with van der Waals surface area (Å²) in [6.45, 7) is 3.65. The van der Waals surface area contributed by atoms with Crippen LogP contribution in [0.2, 0.25) is 0 Å². The van der Waals surface area contributed by atoms with Crippen molar-refractivity contribution in [2.75, 3.05) is 19.6 Å². The molecule has 0 unspecified atom stereocenters. The summed E-state index contributed by atoms with van der Waals surface area (Å²) in [6.07, 6.45) is 16.2. The topological polar surface area (TPSA) is 46.1 Å². The molecule has 0 radical (unpaired) electrons. The number of likely N-dealkylation sites (tertiary alicyclic amines) is 1. The number of hydrogen-bond donors (Lipinski definition) is 0. The van der Waals surface area contributed by atoms with Crippen LogP contribution < -0.4 is 0 Å². The molecule has 1 aliphatic heterocycles.